The summed E-state index contributed by atoms with van der Waals surface area (Å²) in [4.78, 5) is 8.12. The van der Waals surface area contributed by atoms with Gasteiger partial charge in [0.05, 0.1) is 11.1 Å². The molecule has 0 radical (unpaired) electrons. The van der Waals surface area contributed by atoms with Crippen LogP contribution in [0.25, 0.3) is 11.0 Å². The first kappa shape index (κ1) is 18.6. The number of halogens is 1. The van der Waals surface area contributed by atoms with Gasteiger partial charge in [-0.15, -0.1) is 0 Å². The standard InChI is InChI=1S/C21H22FN3O4/c1-10-15-14(22)8-25(19(15)24-9-23-10)20-17(27)16(26)18(29-20)21(2,28)13-6-5-11-3-4-12(11)7-13/h5-9,16-18,20,26-28H,3-4H2,1-2H3/t16-,17+,18-,20+,21?/m0/s1. The number of aryl methyl sites for hydroxylation is 3. The number of nitrogens with zero attached hydrogens (tertiary/aromatic N) is 3. The van der Waals surface area contributed by atoms with Crippen LogP contribution in [0.15, 0.2) is 30.7 Å². The molecular formula is C21H22FN3O4. The lowest BCUT2D eigenvalue weighted by Crippen LogP contribution is -2.45. The molecule has 0 amide bonds. The van der Waals surface area contributed by atoms with E-state index in [2.05, 4.69) is 9.97 Å². The zero-order valence-electron chi connectivity index (χ0n) is 16.1. The average Bonchev–Trinajstić information content (AvgIpc) is 3.14. The number of ether oxygens (including phenoxy) is 1. The number of fused-ring (bicyclic) bond motifs is 2. The number of benzene rings is 1. The molecule has 1 aromatic carbocycles. The van der Waals surface area contributed by atoms with Crippen molar-refractivity contribution in [1.82, 2.24) is 14.5 Å². The van der Waals surface area contributed by atoms with Gasteiger partial charge in [0.1, 0.15) is 35.9 Å². The van der Waals surface area contributed by atoms with Gasteiger partial charge in [0, 0.05) is 6.20 Å². The minimum Gasteiger partial charge on any atom is -0.387 e. The van der Waals surface area contributed by atoms with Crippen molar-refractivity contribution < 1.29 is 24.4 Å². The highest BCUT2D eigenvalue weighted by atomic mass is 19.1. The van der Waals surface area contributed by atoms with Gasteiger partial charge in [0.2, 0.25) is 0 Å². The largest absolute Gasteiger partial charge is 0.387 e. The molecule has 0 bridgehead atoms. The van der Waals surface area contributed by atoms with Gasteiger partial charge in [-0.05, 0) is 43.4 Å². The highest BCUT2D eigenvalue weighted by Gasteiger charge is 2.52. The fourth-order valence-electron chi connectivity index (χ4n) is 4.41. The molecule has 2 aromatic heterocycles. The van der Waals surface area contributed by atoms with Crippen LogP contribution in [-0.2, 0) is 23.2 Å². The number of hydrogen-bond donors (Lipinski definition) is 3. The summed E-state index contributed by atoms with van der Waals surface area (Å²) in [5.41, 5.74) is 2.19. The van der Waals surface area contributed by atoms with E-state index < -0.39 is 36.0 Å². The quantitative estimate of drug-likeness (QED) is 0.617. The van der Waals surface area contributed by atoms with Gasteiger partial charge in [-0.2, -0.15) is 0 Å². The van der Waals surface area contributed by atoms with Crippen molar-refractivity contribution in [1.29, 1.82) is 0 Å². The van der Waals surface area contributed by atoms with Gasteiger partial charge >= 0.3 is 0 Å². The fourth-order valence-corrected chi connectivity index (χ4v) is 4.41. The molecule has 1 fully saturated rings. The Balaban J connectivity index is 1.52. The number of aliphatic hydroxyl groups is 3. The maximum atomic E-state index is 14.5. The SMILES string of the molecule is Cc1ncnc2c1c(F)cn2[C@@H]1O[C@H](C(C)(O)c2ccc3c(c2)CC3)[C@@H](O)[C@H]1O. The maximum Gasteiger partial charge on any atom is 0.164 e. The van der Waals surface area contributed by atoms with Crippen molar-refractivity contribution in [3.05, 3.63) is 58.9 Å². The van der Waals surface area contributed by atoms with Crippen molar-refractivity contribution in [2.45, 2.75) is 56.8 Å². The number of hydrogen-bond acceptors (Lipinski definition) is 6. The van der Waals surface area contributed by atoms with E-state index in [4.69, 9.17) is 4.74 Å². The fraction of sp³-hybridized carbons (Fsp3) is 0.429. The van der Waals surface area contributed by atoms with Crippen LogP contribution in [0.4, 0.5) is 4.39 Å². The van der Waals surface area contributed by atoms with Crippen molar-refractivity contribution in [3.63, 3.8) is 0 Å². The Morgan fingerprint density at radius 2 is 1.93 bits per heavy atom. The molecule has 3 aromatic rings. The molecule has 2 aliphatic rings. The Bertz CT molecular complexity index is 1110. The molecule has 3 heterocycles. The van der Waals surface area contributed by atoms with Crippen LogP contribution in [-0.4, -0.2) is 48.2 Å². The molecule has 29 heavy (non-hydrogen) atoms. The van der Waals surface area contributed by atoms with Crippen LogP contribution < -0.4 is 0 Å². The summed E-state index contributed by atoms with van der Waals surface area (Å²) in [7, 11) is 0. The molecule has 1 aliphatic heterocycles. The van der Waals surface area contributed by atoms with E-state index in [1.807, 2.05) is 18.2 Å². The lowest BCUT2D eigenvalue weighted by atomic mass is 9.81. The topological polar surface area (TPSA) is 101 Å². The molecule has 1 unspecified atom stereocenters. The van der Waals surface area contributed by atoms with Crippen molar-refractivity contribution in [2.24, 2.45) is 0 Å². The summed E-state index contributed by atoms with van der Waals surface area (Å²) in [5, 5.41) is 32.8. The highest BCUT2D eigenvalue weighted by molar-refractivity contribution is 5.79. The van der Waals surface area contributed by atoms with E-state index in [1.165, 1.54) is 22.7 Å². The van der Waals surface area contributed by atoms with E-state index in [1.54, 1.807) is 13.8 Å². The van der Waals surface area contributed by atoms with Crippen LogP contribution in [0.3, 0.4) is 0 Å². The summed E-state index contributed by atoms with van der Waals surface area (Å²) in [6.45, 7) is 3.22. The Labute approximate surface area is 166 Å². The summed E-state index contributed by atoms with van der Waals surface area (Å²) < 4.78 is 21.8. The Morgan fingerprint density at radius 3 is 2.62 bits per heavy atom. The van der Waals surface area contributed by atoms with E-state index in [-0.39, 0.29) is 11.0 Å². The molecule has 8 heteroatoms. The van der Waals surface area contributed by atoms with Gasteiger partial charge in [-0.1, -0.05) is 18.2 Å². The van der Waals surface area contributed by atoms with Gasteiger partial charge in [-0.25, -0.2) is 14.4 Å². The Hall–Kier alpha value is -2.39. The normalized spacial score (nSPS) is 28.2. The molecular weight excluding hydrogens is 377 g/mol. The van der Waals surface area contributed by atoms with Crippen LogP contribution in [0.1, 0.15) is 35.5 Å². The van der Waals surface area contributed by atoms with Gasteiger partial charge in [0.25, 0.3) is 0 Å². The zero-order valence-corrected chi connectivity index (χ0v) is 16.1. The summed E-state index contributed by atoms with van der Waals surface area (Å²) in [6.07, 6.45) is -0.497. The smallest absolute Gasteiger partial charge is 0.164 e. The van der Waals surface area contributed by atoms with Gasteiger partial charge < -0.3 is 24.6 Å². The molecule has 5 rings (SSSR count). The molecule has 7 nitrogen and oxygen atoms in total. The van der Waals surface area contributed by atoms with E-state index in [9.17, 15) is 19.7 Å². The number of aromatic nitrogens is 3. The lowest BCUT2D eigenvalue weighted by molar-refractivity contribution is -0.136. The molecule has 0 saturated carbocycles. The second kappa shape index (κ2) is 6.30. The van der Waals surface area contributed by atoms with Crippen LogP contribution >= 0.6 is 0 Å². The molecule has 1 aliphatic carbocycles. The zero-order chi connectivity index (χ0) is 20.5. The predicted octanol–water partition coefficient (Wildman–Crippen LogP) is 1.50. The molecule has 0 spiro atoms. The molecule has 152 valence electrons. The number of rotatable bonds is 3. The van der Waals surface area contributed by atoms with E-state index >= 15 is 0 Å². The molecule has 5 atom stereocenters. The van der Waals surface area contributed by atoms with Crippen LogP contribution in [0.2, 0.25) is 0 Å². The van der Waals surface area contributed by atoms with E-state index in [0.717, 1.165) is 18.4 Å². The molecule has 1 saturated heterocycles. The predicted molar refractivity (Wildman–Crippen MR) is 102 cm³/mol. The maximum absolute atomic E-state index is 14.5. The first-order valence-corrected chi connectivity index (χ1v) is 9.63. The Kier molecular flexibility index (Phi) is 4.05. The third-order valence-corrected chi connectivity index (χ3v) is 6.27. The minimum absolute atomic E-state index is 0.232. The first-order chi connectivity index (χ1) is 13.8. The van der Waals surface area contributed by atoms with Crippen molar-refractivity contribution in [3.8, 4) is 0 Å². The first-order valence-electron chi connectivity index (χ1n) is 9.63. The van der Waals surface area contributed by atoms with Crippen LogP contribution in [0, 0.1) is 12.7 Å². The summed E-state index contributed by atoms with van der Waals surface area (Å²) >= 11 is 0. The van der Waals surface area contributed by atoms with Gasteiger partial charge in [0.15, 0.2) is 12.0 Å². The number of aliphatic hydroxyl groups excluding tert-OH is 2. The second-order valence-electron chi connectivity index (χ2n) is 8.10. The van der Waals surface area contributed by atoms with Crippen molar-refractivity contribution >= 4 is 11.0 Å². The summed E-state index contributed by atoms with van der Waals surface area (Å²) in [6, 6.07) is 5.69. The third kappa shape index (κ3) is 2.63. The average molecular weight is 399 g/mol. The second-order valence-corrected chi connectivity index (χ2v) is 8.10. The monoisotopic (exact) mass is 399 g/mol. The summed E-state index contributed by atoms with van der Waals surface area (Å²) in [5.74, 6) is -0.541. The Morgan fingerprint density at radius 1 is 1.17 bits per heavy atom. The lowest BCUT2D eigenvalue weighted by Gasteiger charge is -2.33. The molecule has 3 N–H and O–H groups in total. The van der Waals surface area contributed by atoms with Crippen LogP contribution in [0.5, 0.6) is 0 Å². The van der Waals surface area contributed by atoms with Gasteiger partial charge in [-0.3, -0.25) is 0 Å². The minimum atomic E-state index is -1.55. The van der Waals surface area contributed by atoms with Crippen molar-refractivity contribution in [2.75, 3.05) is 0 Å². The highest BCUT2D eigenvalue weighted by Crippen LogP contribution is 2.41. The third-order valence-electron chi connectivity index (χ3n) is 6.27. The van der Waals surface area contributed by atoms with E-state index in [0.29, 0.717) is 11.3 Å².